The molecule has 0 aromatic heterocycles. The highest BCUT2D eigenvalue weighted by atomic mass is 16.5. The minimum atomic E-state index is -0.772. The van der Waals surface area contributed by atoms with E-state index < -0.39 is 17.5 Å². The molecule has 1 saturated heterocycles. The zero-order valence-corrected chi connectivity index (χ0v) is 24.1. The number of methoxy groups -OCH3 is 1. The van der Waals surface area contributed by atoms with Crippen LogP contribution < -0.4 is 20.7 Å². The number of fused-ring (bicyclic) bond motifs is 4. The van der Waals surface area contributed by atoms with Crippen molar-refractivity contribution in [3.05, 3.63) is 77.9 Å². The van der Waals surface area contributed by atoms with Crippen LogP contribution in [0.4, 0.5) is 0 Å². The van der Waals surface area contributed by atoms with Crippen molar-refractivity contribution in [3.8, 4) is 5.75 Å². The van der Waals surface area contributed by atoms with E-state index in [2.05, 4.69) is 55.1 Å². The second-order valence-electron chi connectivity index (χ2n) is 11.4. The van der Waals surface area contributed by atoms with Gasteiger partial charge >= 0.3 is 0 Å². The van der Waals surface area contributed by atoms with Gasteiger partial charge in [-0.1, -0.05) is 44.2 Å². The molecule has 222 valence electrons. The average molecular weight is 555 g/mol. The smallest absolute Gasteiger partial charge is 0.246 e. The molecule has 0 saturated carbocycles. The molecule has 3 N–H and O–H groups in total. The standard InChI is InChI=1S/C30H38N4O4.C2H4.4H2/c1-30(2)16-25-22-13-12-20(38-4)14-19(22)15-24(32-26(35)17-31-3)29(37)34(25)27(30)28(36)33-23-11-7-9-18-8-5-6-10-21(18)23;1-2;;;;/h5-6,8,10,12-14,23-25,27,31H,7,9,11,15-17H2,1-4H3,(H,32,35)(H,33,36);1-2H2;4*1H/t23-,24+,25?,27?;;;;;/m1...../s1. The van der Waals surface area contributed by atoms with Crippen molar-refractivity contribution in [1.29, 1.82) is 0 Å². The van der Waals surface area contributed by atoms with Gasteiger partial charge in [0.2, 0.25) is 17.7 Å². The van der Waals surface area contributed by atoms with Crippen LogP contribution in [0.1, 0.15) is 73.2 Å². The van der Waals surface area contributed by atoms with Crippen LogP contribution >= 0.6 is 0 Å². The molecule has 3 amide bonds. The van der Waals surface area contributed by atoms with E-state index in [1.165, 1.54) is 5.56 Å². The zero-order chi connectivity index (χ0) is 29.0. The lowest BCUT2D eigenvalue weighted by Crippen LogP contribution is -2.57. The fraction of sp³-hybridized carbons (Fsp3) is 0.469. The zero-order valence-electron chi connectivity index (χ0n) is 24.1. The second kappa shape index (κ2) is 12.3. The molecule has 5 rings (SSSR count). The Labute approximate surface area is 243 Å². The Morgan fingerprint density at radius 3 is 2.55 bits per heavy atom. The van der Waals surface area contributed by atoms with Gasteiger partial charge in [-0.3, -0.25) is 14.4 Å². The van der Waals surface area contributed by atoms with Crippen LogP contribution in [0, 0.1) is 5.41 Å². The molecular formula is C32H50N4O4. The van der Waals surface area contributed by atoms with Gasteiger partial charge in [-0.2, -0.15) is 0 Å². The molecule has 0 radical (unpaired) electrons. The predicted molar refractivity (Wildman–Crippen MR) is 164 cm³/mol. The largest absolute Gasteiger partial charge is 0.497 e. The number of carbonyl (C=O) groups excluding carboxylic acids is 3. The van der Waals surface area contributed by atoms with E-state index in [0.717, 1.165) is 36.0 Å². The first kappa shape index (κ1) is 29.3. The summed E-state index contributed by atoms with van der Waals surface area (Å²) in [7, 11) is 3.31. The summed E-state index contributed by atoms with van der Waals surface area (Å²) in [5.74, 6) is 0.0914. The van der Waals surface area contributed by atoms with Crippen molar-refractivity contribution in [3.63, 3.8) is 0 Å². The molecule has 8 nitrogen and oxygen atoms in total. The number of carbonyl (C=O) groups is 3. The highest BCUT2D eigenvalue weighted by molar-refractivity contribution is 5.94. The van der Waals surface area contributed by atoms with Crippen LogP contribution in [0.3, 0.4) is 0 Å². The summed E-state index contributed by atoms with van der Waals surface area (Å²) in [6.45, 7) is 10.2. The molecular weight excluding hydrogens is 504 g/mol. The maximum atomic E-state index is 14.2. The topological polar surface area (TPSA) is 99.8 Å². The molecule has 2 aromatic rings. The Hall–Kier alpha value is -3.65. The summed E-state index contributed by atoms with van der Waals surface area (Å²) in [5.41, 5.74) is 3.94. The van der Waals surface area contributed by atoms with E-state index in [4.69, 9.17) is 4.74 Å². The lowest BCUT2D eigenvalue weighted by molar-refractivity contribution is -0.145. The van der Waals surface area contributed by atoms with Crippen LogP contribution in [0.15, 0.2) is 55.6 Å². The van der Waals surface area contributed by atoms with E-state index >= 15 is 0 Å². The predicted octanol–water partition coefficient (Wildman–Crippen LogP) is 4.60. The van der Waals surface area contributed by atoms with Crippen LogP contribution in [0.5, 0.6) is 5.75 Å². The molecule has 1 fully saturated rings. The number of hydrogen-bond donors (Lipinski definition) is 3. The van der Waals surface area contributed by atoms with Gasteiger partial charge in [0.25, 0.3) is 0 Å². The molecule has 1 aliphatic carbocycles. The molecule has 2 heterocycles. The van der Waals surface area contributed by atoms with Crippen molar-refractivity contribution in [2.45, 2.75) is 70.1 Å². The monoisotopic (exact) mass is 554 g/mol. The van der Waals surface area contributed by atoms with Crippen molar-refractivity contribution < 1.29 is 24.8 Å². The van der Waals surface area contributed by atoms with Crippen molar-refractivity contribution in [2.24, 2.45) is 5.41 Å². The number of nitrogens with one attached hydrogen (secondary N) is 3. The van der Waals surface area contributed by atoms with Gasteiger partial charge in [-0.05, 0) is 72.5 Å². The van der Waals surface area contributed by atoms with Crippen molar-refractivity contribution >= 4 is 17.7 Å². The van der Waals surface area contributed by atoms with Gasteiger partial charge in [0.15, 0.2) is 0 Å². The molecule has 4 atom stereocenters. The highest BCUT2D eigenvalue weighted by Crippen LogP contribution is 2.50. The maximum absolute atomic E-state index is 14.2. The normalized spacial score (nSPS) is 24.3. The first-order valence-electron chi connectivity index (χ1n) is 14.0. The van der Waals surface area contributed by atoms with Gasteiger partial charge in [0.1, 0.15) is 17.8 Å². The second-order valence-corrected chi connectivity index (χ2v) is 11.4. The fourth-order valence-electron chi connectivity index (χ4n) is 6.66. The average Bonchev–Trinajstić information content (AvgIpc) is 3.19. The van der Waals surface area contributed by atoms with E-state index in [9.17, 15) is 14.4 Å². The summed E-state index contributed by atoms with van der Waals surface area (Å²) in [6, 6.07) is 12.4. The van der Waals surface area contributed by atoms with E-state index in [-0.39, 0.29) is 42.1 Å². The number of aryl methyl sites for hydroxylation is 1. The minimum absolute atomic E-state index is 0. The lowest BCUT2D eigenvalue weighted by atomic mass is 9.81. The summed E-state index contributed by atoms with van der Waals surface area (Å²) in [6.07, 6.45) is 3.89. The SMILES string of the molecule is C=C.CNCC(=O)N[C@H]1Cc2cc(OC)ccc2C2CC(C)(C)C(C(=O)N[C@@H]3CCCc4ccccc43)N2C1=O.[HH].[HH].[HH].[HH]. The molecule has 2 unspecified atom stereocenters. The van der Waals surface area contributed by atoms with Gasteiger partial charge < -0.3 is 25.6 Å². The third kappa shape index (κ3) is 5.63. The third-order valence-corrected chi connectivity index (χ3v) is 8.37. The molecule has 40 heavy (non-hydrogen) atoms. The quantitative estimate of drug-likeness (QED) is 0.453. The molecule has 2 aromatic carbocycles. The van der Waals surface area contributed by atoms with Crippen LogP contribution in [-0.4, -0.2) is 55.4 Å². The number of hydrogen-bond acceptors (Lipinski definition) is 5. The Balaban J connectivity index is 0.00000302. The number of nitrogens with zero attached hydrogens (tertiary/aromatic N) is 1. The van der Waals surface area contributed by atoms with E-state index in [0.29, 0.717) is 18.6 Å². The van der Waals surface area contributed by atoms with E-state index in [1.807, 2.05) is 30.3 Å². The number of amides is 3. The van der Waals surface area contributed by atoms with Crippen molar-refractivity contribution in [1.82, 2.24) is 20.9 Å². The fourth-order valence-corrected chi connectivity index (χ4v) is 6.66. The molecule has 0 bridgehead atoms. The molecule has 3 aliphatic rings. The Morgan fingerprint density at radius 1 is 1.07 bits per heavy atom. The summed E-state index contributed by atoms with van der Waals surface area (Å²) in [4.78, 5) is 42.6. The Morgan fingerprint density at radius 2 is 1.82 bits per heavy atom. The first-order chi connectivity index (χ1) is 19.2. The van der Waals surface area contributed by atoms with Crippen LogP contribution in [-0.2, 0) is 27.2 Å². The highest BCUT2D eigenvalue weighted by Gasteiger charge is 2.55. The van der Waals surface area contributed by atoms with E-state index in [1.54, 1.807) is 19.1 Å². The van der Waals surface area contributed by atoms with Crippen LogP contribution in [0.2, 0.25) is 0 Å². The van der Waals surface area contributed by atoms with Gasteiger partial charge in [-0.25, -0.2) is 0 Å². The minimum Gasteiger partial charge on any atom is -0.497 e. The molecule has 0 spiro atoms. The Kier molecular flexibility index (Phi) is 8.98. The summed E-state index contributed by atoms with van der Waals surface area (Å²) in [5, 5.41) is 9.08. The first-order valence-corrected chi connectivity index (χ1v) is 14.0. The molecule has 2 aliphatic heterocycles. The van der Waals surface area contributed by atoms with Crippen molar-refractivity contribution in [2.75, 3.05) is 20.7 Å². The number of ether oxygens (including phenoxy) is 1. The number of benzene rings is 2. The molecule has 8 heteroatoms. The number of rotatable bonds is 6. The summed E-state index contributed by atoms with van der Waals surface area (Å²) < 4.78 is 5.47. The van der Waals surface area contributed by atoms with Gasteiger partial charge in [-0.15, -0.1) is 13.2 Å². The van der Waals surface area contributed by atoms with Crippen LogP contribution in [0.25, 0.3) is 0 Å². The number of likely N-dealkylation sites (N-methyl/N-ethyl adjacent to an activating group) is 1. The maximum Gasteiger partial charge on any atom is 0.246 e. The third-order valence-electron chi connectivity index (χ3n) is 8.37. The lowest BCUT2D eigenvalue weighted by Gasteiger charge is -2.36. The summed E-state index contributed by atoms with van der Waals surface area (Å²) >= 11 is 0. The van der Waals surface area contributed by atoms with Gasteiger partial charge in [0, 0.05) is 12.1 Å². The van der Waals surface area contributed by atoms with Gasteiger partial charge in [0.05, 0.1) is 25.7 Å². The Bertz CT molecular complexity index is 1280.